The molecule has 0 atom stereocenters. The molecule has 0 aliphatic carbocycles. The average Bonchev–Trinajstić information content (AvgIpc) is 2.74. The van der Waals surface area contributed by atoms with Gasteiger partial charge in [-0.2, -0.15) is 0 Å². The molecule has 4 nitrogen and oxygen atoms in total. The van der Waals surface area contributed by atoms with Crippen LogP contribution < -0.4 is 5.32 Å². The van der Waals surface area contributed by atoms with Gasteiger partial charge in [-0.25, -0.2) is 4.98 Å². The summed E-state index contributed by atoms with van der Waals surface area (Å²) in [6.07, 6.45) is 0. The number of anilines is 1. The Hall–Kier alpha value is -1.59. The number of hydrogen-bond donors (Lipinski definition) is 2. The van der Waals surface area contributed by atoms with Crippen molar-refractivity contribution in [3.8, 4) is 5.75 Å². The van der Waals surface area contributed by atoms with E-state index in [1.54, 1.807) is 18.2 Å². The van der Waals surface area contributed by atoms with Crippen molar-refractivity contribution >= 4 is 34.5 Å². The van der Waals surface area contributed by atoms with Gasteiger partial charge >= 0.3 is 0 Å². The fourth-order valence-corrected chi connectivity index (χ4v) is 2.74. The molecule has 0 radical (unpaired) electrons. The summed E-state index contributed by atoms with van der Waals surface area (Å²) in [6.45, 7) is 3.95. The highest BCUT2D eigenvalue weighted by molar-refractivity contribution is 7.16. The smallest absolute Gasteiger partial charge is 0.275 e. The van der Waals surface area contributed by atoms with Crippen molar-refractivity contribution in [2.75, 3.05) is 5.32 Å². The van der Waals surface area contributed by atoms with Crippen molar-refractivity contribution in [3.05, 3.63) is 39.3 Å². The lowest BCUT2D eigenvalue weighted by Crippen LogP contribution is -2.14. The molecule has 0 saturated carbocycles. The van der Waals surface area contributed by atoms with Crippen molar-refractivity contribution in [1.82, 2.24) is 4.98 Å². The first-order valence-corrected chi connectivity index (χ1v) is 6.94. The summed E-state index contributed by atoms with van der Waals surface area (Å²) in [5.74, 6) is -0.188. The van der Waals surface area contributed by atoms with E-state index in [0.717, 1.165) is 4.88 Å². The van der Waals surface area contributed by atoms with Crippen LogP contribution in [-0.2, 0) is 0 Å². The van der Waals surface area contributed by atoms with Crippen LogP contribution >= 0.6 is 22.9 Å². The van der Waals surface area contributed by atoms with E-state index < -0.39 is 0 Å². The quantitative estimate of drug-likeness (QED) is 0.845. The molecule has 1 amide bonds. The molecule has 0 spiro atoms. The zero-order valence-electron chi connectivity index (χ0n) is 10.5. The molecule has 1 aromatic carbocycles. The number of rotatable bonds is 3. The Balaban J connectivity index is 2.28. The molecule has 1 heterocycles. The van der Waals surface area contributed by atoms with E-state index in [2.05, 4.69) is 10.3 Å². The summed E-state index contributed by atoms with van der Waals surface area (Å²) < 4.78 is 0.339. The Kier molecular flexibility index (Phi) is 4.07. The highest BCUT2D eigenvalue weighted by atomic mass is 35.5. The van der Waals surface area contributed by atoms with E-state index in [1.807, 2.05) is 13.8 Å². The number of nitrogens with one attached hydrogen (secondary N) is 1. The van der Waals surface area contributed by atoms with Gasteiger partial charge in [0.05, 0.1) is 5.69 Å². The second-order valence-corrected chi connectivity index (χ2v) is 5.92. The van der Waals surface area contributed by atoms with Gasteiger partial charge in [0.2, 0.25) is 0 Å². The van der Waals surface area contributed by atoms with Gasteiger partial charge in [-0.15, -0.1) is 11.3 Å². The highest BCUT2D eigenvalue weighted by Gasteiger charge is 2.20. The van der Waals surface area contributed by atoms with Crippen molar-refractivity contribution in [3.63, 3.8) is 0 Å². The van der Waals surface area contributed by atoms with E-state index >= 15 is 0 Å². The van der Waals surface area contributed by atoms with Crippen LogP contribution in [0.3, 0.4) is 0 Å². The SMILES string of the molecule is CC(C)c1sc(Cl)nc1C(=O)Nc1ccccc1O. The second kappa shape index (κ2) is 5.59. The number of phenolic OH excluding ortho intramolecular Hbond substituents is 1. The Morgan fingerprint density at radius 3 is 2.74 bits per heavy atom. The largest absolute Gasteiger partial charge is 0.506 e. The van der Waals surface area contributed by atoms with Crippen LogP contribution in [0, 0.1) is 0 Å². The number of thiazole rings is 1. The van der Waals surface area contributed by atoms with Gasteiger partial charge in [0.15, 0.2) is 4.47 Å². The molecule has 0 aliphatic heterocycles. The number of para-hydroxylation sites is 2. The third-order valence-electron chi connectivity index (χ3n) is 2.52. The highest BCUT2D eigenvalue weighted by Crippen LogP contribution is 2.30. The number of phenols is 1. The normalized spacial score (nSPS) is 10.7. The average molecular weight is 297 g/mol. The lowest BCUT2D eigenvalue weighted by atomic mass is 10.1. The van der Waals surface area contributed by atoms with Crippen LogP contribution in [0.4, 0.5) is 5.69 Å². The van der Waals surface area contributed by atoms with E-state index in [1.165, 1.54) is 17.4 Å². The van der Waals surface area contributed by atoms with Crippen molar-refractivity contribution < 1.29 is 9.90 Å². The van der Waals surface area contributed by atoms with E-state index in [-0.39, 0.29) is 17.6 Å². The van der Waals surface area contributed by atoms with Gasteiger partial charge in [0, 0.05) is 4.88 Å². The monoisotopic (exact) mass is 296 g/mol. The summed E-state index contributed by atoms with van der Waals surface area (Å²) in [4.78, 5) is 17.0. The molecule has 6 heteroatoms. The van der Waals surface area contributed by atoms with Crippen LogP contribution in [-0.4, -0.2) is 16.0 Å². The molecule has 2 aromatic rings. The Bertz CT molecular complexity index is 610. The lowest BCUT2D eigenvalue weighted by Gasteiger charge is -2.08. The zero-order chi connectivity index (χ0) is 14.0. The predicted molar refractivity (Wildman–Crippen MR) is 77.3 cm³/mol. The van der Waals surface area contributed by atoms with Crippen molar-refractivity contribution in [2.24, 2.45) is 0 Å². The molecule has 2 N–H and O–H groups in total. The van der Waals surface area contributed by atoms with Gasteiger partial charge in [0.1, 0.15) is 11.4 Å². The second-order valence-electron chi connectivity index (χ2n) is 4.31. The van der Waals surface area contributed by atoms with Crippen LogP contribution in [0.2, 0.25) is 4.47 Å². The molecule has 0 fully saturated rings. The summed E-state index contributed by atoms with van der Waals surface area (Å²) in [6, 6.07) is 6.54. The molecular weight excluding hydrogens is 284 g/mol. The maximum Gasteiger partial charge on any atom is 0.275 e. The van der Waals surface area contributed by atoms with Crippen molar-refractivity contribution in [1.29, 1.82) is 0 Å². The minimum absolute atomic E-state index is 0.0169. The molecule has 0 saturated heterocycles. The number of carbonyl (C=O) groups is 1. The third kappa shape index (κ3) is 3.05. The number of nitrogens with zero attached hydrogens (tertiary/aromatic N) is 1. The molecule has 0 aliphatic rings. The number of hydrogen-bond acceptors (Lipinski definition) is 4. The van der Waals surface area contributed by atoms with Gasteiger partial charge < -0.3 is 10.4 Å². The third-order valence-corrected chi connectivity index (χ3v) is 3.98. The number of amides is 1. The number of aromatic nitrogens is 1. The first-order valence-electron chi connectivity index (χ1n) is 5.74. The first-order chi connectivity index (χ1) is 8.99. The molecule has 19 heavy (non-hydrogen) atoms. The molecule has 1 aromatic heterocycles. The summed E-state index contributed by atoms with van der Waals surface area (Å²) in [7, 11) is 0. The van der Waals surface area contributed by atoms with Gasteiger partial charge in [-0.1, -0.05) is 37.6 Å². The number of aromatic hydroxyl groups is 1. The molecule has 0 bridgehead atoms. The standard InChI is InChI=1S/C13H13ClN2O2S/c1-7(2)11-10(16-13(14)19-11)12(18)15-8-5-3-4-6-9(8)17/h3-7,17H,1-2H3,(H,15,18). The predicted octanol–water partition coefficient (Wildman–Crippen LogP) is 3.88. The van der Waals surface area contributed by atoms with Gasteiger partial charge in [-0.3, -0.25) is 4.79 Å². The summed E-state index contributed by atoms with van der Waals surface area (Å²) >= 11 is 7.16. The molecular formula is C13H13ClN2O2S. The Morgan fingerprint density at radius 1 is 1.42 bits per heavy atom. The minimum Gasteiger partial charge on any atom is -0.506 e. The van der Waals surface area contributed by atoms with Crippen LogP contribution in [0.25, 0.3) is 0 Å². The number of benzene rings is 1. The maximum absolute atomic E-state index is 12.2. The van der Waals surface area contributed by atoms with Crippen molar-refractivity contribution in [2.45, 2.75) is 19.8 Å². The lowest BCUT2D eigenvalue weighted by molar-refractivity contribution is 0.102. The van der Waals surface area contributed by atoms with Gasteiger partial charge in [-0.05, 0) is 18.1 Å². The fourth-order valence-electron chi connectivity index (χ4n) is 1.62. The van der Waals surface area contributed by atoms with E-state index in [9.17, 15) is 9.90 Å². The number of carbonyl (C=O) groups excluding carboxylic acids is 1. The fraction of sp³-hybridized carbons (Fsp3) is 0.231. The van der Waals surface area contributed by atoms with Crippen LogP contribution in [0.1, 0.15) is 35.1 Å². The van der Waals surface area contributed by atoms with Crippen LogP contribution in [0.5, 0.6) is 5.75 Å². The summed E-state index contributed by atoms with van der Waals surface area (Å²) in [5.41, 5.74) is 0.666. The Labute approximate surface area is 120 Å². The summed E-state index contributed by atoms with van der Waals surface area (Å²) in [5, 5.41) is 12.3. The molecule has 100 valence electrons. The minimum atomic E-state index is -0.367. The van der Waals surface area contributed by atoms with E-state index in [0.29, 0.717) is 15.8 Å². The van der Waals surface area contributed by atoms with Crippen LogP contribution in [0.15, 0.2) is 24.3 Å². The topological polar surface area (TPSA) is 62.2 Å². The van der Waals surface area contributed by atoms with E-state index in [4.69, 9.17) is 11.6 Å². The zero-order valence-corrected chi connectivity index (χ0v) is 12.0. The first kappa shape index (κ1) is 13.8. The Morgan fingerprint density at radius 2 is 2.11 bits per heavy atom. The number of halogens is 1. The molecule has 0 unspecified atom stereocenters. The maximum atomic E-state index is 12.2. The molecule has 2 rings (SSSR count). The van der Waals surface area contributed by atoms with Gasteiger partial charge in [0.25, 0.3) is 5.91 Å².